The second-order valence-electron chi connectivity index (χ2n) is 4.71. The summed E-state index contributed by atoms with van der Waals surface area (Å²) in [5, 5.41) is 0. The van der Waals surface area contributed by atoms with E-state index in [2.05, 4.69) is 22.0 Å². The first kappa shape index (κ1) is 12.2. The zero-order chi connectivity index (χ0) is 12.1. The lowest BCUT2D eigenvalue weighted by Crippen LogP contribution is -2.26. The van der Waals surface area contributed by atoms with E-state index < -0.39 is 0 Å². The van der Waals surface area contributed by atoms with Gasteiger partial charge in [0.2, 0.25) is 0 Å². The Morgan fingerprint density at radius 3 is 3.06 bits per heavy atom. The molecule has 0 aliphatic heterocycles. The first-order chi connectivity index (χ1) is 8.31. The summed E-state index contributed by atoms with van der Waals surface area (Å²) < 4.78 is 2.03. The summed E-state index contributed by atoms with van der Waals surface area (Å²) in [6.45, 7) is 4.13. The molecule has 4 heteroatoms. The molecule has 0 unspecified atom stereocenters. The lowest BCUT2D eigenvalue weighted by atomic mass is 10.3. The van der Waals surface area contributed by atoms with Gasteiger partial charge in [-0.05, 0) is 18.8 Å². The van der Waals surface area contributed by atoms with Crippen molar-refractivity contribution in [3.05, 3.63) is 18.2 Å². The molecule has 1 heterocycles. The van der Waals surface area contributed by atoms with Crippen molar-refractivity contribution in [2.24, 2.45) is 11.7 Å². The van der Waals surface area contributed by atoms with E-state index in [9.17, 15) is 0 Å². The van der Waals surface area contributed by atoms with E-state index in [1.165, 1.54) is 12.8 Å². The van der Waals surface area contributed by atoms with Crippen LogP contribution in [0.1, 0.15) is 18.5 Å². The van der Waals surface area contributed by atoms with Crippen LogP contribution in [0.5, 0.6) is 0 Å². The number of nitrogens with two attached hydrogens (primary N) is 1. The van der Waals surface area contributed by atoms with Crippen LogP contribution in [0.15, 0.2) is 12.5 Å². The fourth-order valence-corrected chi connectivity index (χ4v) is 1.97. The number of hydrogen-bond acceptors (Lipinski definition) is 3. The maximum absolute atomic E-state index is 5.51. The van der Waals surface area contributed by atoms with Crippen molar-refractivity contribution in [2.45, 2.75) is 25.9 Å². The molecule has 1 fully saturated rings. The van der Waals surface area contributed by atoms with Crippen LogP contribution in [0, 0.1) is 18.3 Å². The highest BCUT2D eigenvalue weighted by atomic mass is 15.1. The molecule has 1 saturated carbocycles. The van der Waals surface area contributed by atoms with Crippen molar-refractivity contribution in [1.82, 2.24) is 14.5 Å². The van der Waals surface area contributed by atoms with Gasteiger partial charge >= 0.3 is 0 Å². The maximum atomic E-state index is 5.51. The van der Waals surface area contributed by atoms with Gasteiger partial charge in [0.25, 0.3) is 0 Å². The molecule has 0 bridgehead atoms. The maximum Gasteiger partial charge on any atom is 0.0950 e. The van der Waals surface area contributed by atoms with Gasteiger partial charge < -0.3 is 10.3 Å². The van der Waals surface area contributed by atoms with Gasteiger partial charge in [-0.1, -0.05) is 5.92 Å². The topological polar surface area (TPSA) is 47.1 Å². The van der Waals surface area contributed by atoms with E-state index in [1.807, 2.05) is 10.9 Å². The molecule has 0 atom stereocenters. The molecular weight excluding hydrogens is 212 g/mol. The highest BCUT2D eigenvalue weighted by molar-refractivity contribution is 4.99. The minimum Gasteiger partial charge on any atom is -0.336 e. The molecule has 1 aliphatic carbocycles. The minimum atomic E-state index is 0.645. The normalized spacial score (nSPS) is 15.1. The van der Waals surface area contributed by atoms with E-state index in [-0.39, 0.29) is 0 Å². The number of imidazole rings is 1. The summed E-state index contributed by atoms with van der Waals surface area (Å²) in [5.74, 6) is 3.58. The lowest BCUT2D eigenvalue weighted by molar-refractivity contribution is 0.283. The Kier molecular flexibility index (Phi) is 4.18. The molecule has 2 rings (SSSR count). The quantitative estimate of drug-likeness (QED) is 0.704. The Morgan fingerprint density at radius 2 is 2.41 bits per heavy atom. The van der Waals surface area contributed by atoms with Crippen LogP contribution in [0.2, 0.25) is 0 Å². The predicted molar refractivity (Wildman–Crippen MR) is 68.1 cm³/mol. The molecule has 0 radical (unpaired) electrons. The van der Waals surface area contributed by atoms with E-state index in [4.69, 9.17) is 12.2 Å². The van der Waals surface area contributed by atoms with Gasteiger partial charge in [0.1, 0.15) is 0 Å². The summed E-state index contributed by atoms with van der Waals surface area (Å²) >= 11 is 0. The van der Waals surface area contributed by atoms with Crippen LogP contribution in [-0.2, 0) is 13.1 Å². The Bertz CT molecular complexity index is 386. The molecule has 92 valence electrons. The standard InChI is InChI=1S/C13H20N4/c1-2-6-16(8-12-3-4-12)9-13-10-17(7-5-14)11-15-13/h1,10-12H,3-9,14H2. The second kappa shape index (κ2) is 5.85. The number of hydrogen-bond donors (Lipinski definition) is 1. The zero-order valence-corrected chi connectivity index (χ0v) is 10.2. The highest BCUT2D eigenvalue weighted by Gasteiger charge is 2.24. The van der Waals surface area contributed by atoms with Crippen molar-refractivity contribution < 1.29 is 0 Å². The van der Waals surface area contributed by atoms with Crippen molar-refractivity contribution >= 4 is 0 Å². The summed E-state index contributed by atoms with van der Waals surface area (Å²) in [4.78, 5) is 6.68. The van der Waals surface area contributed by atoms with Crippen LogP contribution >= 0.6 is 0 Å². The first-order valence-electron chi connectivity index (χ1n) is 6.18. The molecule has 2 N–H and O–H groups in total. The number of terminal acetylenes is 1. The SMILES string of the molecule is C#CCN(Cc1cn(CCN)cn1)CC1CC1. The van der Waals surface area contributed by atoms with Gasteiger partial charge in [-0.2, -0.15) is 0 Å². The van der Waals surface area contributed by atoms with Crippen molar-refractivity contribution in [3.8, 4) is 12.3 Å². The Balaban J connectivity index is 1.88. The number of rotatable bonds is 7. The van der Waals surface area contributed by atoms with Gasteiger partial charge in [-0.15, -0.1) is 6.42 Å². The van der Waals surface area contributed by atoms with Crippen LogP contribution in [0.25, 0.3) is 0 Å². The fraction of sp³-hybridized carbons (Fsp3) is 0.615. The summed E-state index contributed by atoms with van der Waals surface area (Å²) in [6, 6.07) is 0. The van der Waals surface area contributed by atoms with Gasteiger partial charge in [0.05, 0.1) is 18.6 Å². The molecule has 0 amide bonds. The molecule has 1 aliphatic rings. The first-order valence-corrected chi connectivity index (χ1v) is 6.18. The van der Waals surface area contributed by atoms with Gasteiger partial charge in [-0.3, -0.25) is 4.90 Å². The Hall–Kier alpha value is -1.31. The Labute approximate surface area is 103 Å². The predicted octanol–water partition coefficient (Wildman–Crippen LogP) is 0.687. The van der Waals surface area contributed by atoms with Gasteiger partial charge in [0, 0.05) is 32.4 Å². The molecule has 1 aromatic rings. The van der Waals surface area contributed by atoms with Gasteiger partial charge in [0.15, 0.2) is 0 Å². The summed E-state index contributed by atoms with van der Waals surface area (Å²) in [5.41, 5.74) is 6.59. The van der Waals surface area contributed by atoms with Crippen LogP contribution < -0.4 is 5.73 Å². The summed E-state index contributed by atoms with van der Waals surface area (Å²) in [6.07, 6.45) is 12.0. The van der Waals surface area contributed by atoms with E-state index in [1.54, 1.807) is 0 Å². The van der Waals surface area contributed by atoms with Crippen molar-refractivity contribution in [2.75, 3.05) is 19.6 Å². The second-order valence-corrected chi connectivity index (χ2v) is 4.71. The lowest BCUT2D eigenvalue weighted by Gasteiger charge is -2.17. The molecule has 1 aromatic heterocycles. The van der Waals surface area contributed by atoms with Crippen molar-refractivity contribution in [1.29, 1.82) is 0 Å². The van der Waals surface area contributed by atoms with Crippen LogP contribution in [0.3, 0.4) is 0 Å². The molecular formula is C13H20N4. The third kappa shape index (κ3) is 3.88. The fourth-order valence-electron chi connectivity index (χ4n) is 1.97. The van der Waals surface area contributed by atoms with Crippen LogP contribution in [-0.4, -0.2) is 34.1 Å². The molecule has 0 aromatic carbocycles. The number of nitrogens with zero attached hydrogens (tertiary/aromatic N) is 3. The zero-order valence-electron chi connectivity index (χ0n) is 10.2. The molecule has 0 saturated heterocycles. The summed E-state index contributed by atoms with van der Waals surface area (Å²) in [7, 11) is 0. The van der Waals surface area contributed by atoms with E-state index in [0.717, 1.165) is 31.2 Å². The largest absolute Gasteiger partial charge is 0.336 e. The molecule has 17 heavy (non-hydrogen) atoms. The molecule has 0 spiro atoms. The highest BCUT2D eigenvalue weighted by Crippen LogP contribution is 2.29. The van der Waals surface area contributed by atoms with E-state index >= 15 is 0 Å². The average molecular weight is 232 g/mol. The third-order valence-electron chi connectivity index (χ3n) is 2.99. The Morgan fingerprint density at radius 1 is 1.59 bits per heavy atom. The monoisotopic (exact) mass is 232 g/mol. The minimum absolute atomic E-state index is 0.645. The van der Waals surface area contributed by atoms with Crippen LogP contribution in [0.4, 0.5) is 0 Å². The smallest absolute Gasteiger partial charge is 0.0950 e. The third-order valence-corrected chi connectivity index (χ3v) is 2.99. The van der Waals surface area contributed by atoms with Gasteiger partial charge in [-0.25, -0.2) is 4.98 Å². The molecule has 4 nitrogen and oxygen atoms in total. The average Bonchev–Trinajstić information content (AvgIpc) is 3.00. The number of aromatic nitrogens is 2. The van der Waals surface area contributed by atoms with Crippen molar-refractivity contribution in [3.63, 3.8) is 0 Å². The van der Waals surface area contributed by atoms with E-state index in [0.29, 0.717) is 13.1 Å².